The van der Waals surface area contributed by atoms with Crippen molar-refractivity contribution in [2.24, 2.45) is 7.05 Å². The van der Waals surface area contributed by atoms with Crippen LogP contribution in [0.2, 0.25) is 0 Å². The first-order valence-electron chi connectivity index (χ1n) is 4.74. The van der Waals surface area contributed by atoms with Crippen LogP contribution in [0.4, 0.5) is 0 Å². The zero-order valence-corrected chi connectivity index (χ0v) is 9.03. The third-order valence-corrected chi connectivity index (χ3v) is 2.18. The number of ketones is 1. The quantitative estimate of drug-likeness (QED) is 0.698. The third-order valence-electron chi connectivity index (χ3n) is 2.18. The highest BCUT2D eigenvalue weighted by molar-refractivity contribution is 5.75. The molecule has 0 atom stereocenters. The molecule has 0 unspecified atom stereocenters. The Balaban J connectivity index is 2.37. The highest BCUT2D eigenvalue weighted by Gasteiger charge is 2.04. The van der Waals surface area contributed by atoms with Gasteiger partial charge in [-0.2, -0.15) is 0 Å². The molecule has 0 radical (unpaired) electrons. The Hall–Kier alpha value is -1.16. The summed E-state index contributed by atoms with van der Waals surface area (Å²) in [7, 11) is 3.97. The molecule has 1 heterocycles. The van der Waals surface area contributed by atoms with Crippen molar-refractivity contribution in [2.45, 2.75) is 19.9 Å². The molecule has 14 heavy (non-hydrogen) atoms. The van der Waals surface area contributed by atoms with Crippen molar-refractivity contribution in [1.29, 1.82) is 0 Å². The normalized spacial score (nSPS) is 10.9. The van der Waals surface area contributed by atoms with E-state index in [2.05, 4.69) is 9.88 Å². The molecule has 0 spiro atoms. The predicted octanol–water partition coefficient (Wildman–Crippen LogP) is 0.831. The summed E-state index contributed by atoms with van der Waals surface area (Å²) in [6.45, 7) is 3.20. The minimum atomic E-state index is 0.233. The van der Waals surface area contributed by atoms with Crippen molar-refractivity contribution >= 4 is 5.78 Å². The monoisotopic (exact) mass is 195 g/mol. The molecule has 1 aromatic heterocycles. The lowest BCUT2D eigenvalue weighted by atomic mass is 10.3. The lowest BCUT2D eigenvalue weighted by Gasteiger charge is -2.14. The van der Waals surface area contributed by atoms with Crippen molar-refractivity contribution in [3.8, 4) is 0 Å². The average molecular weight is 195 g/mol. The molecule has 0 saturated heterocycles. The zero-order valence-electron chi connectivity index (χ0n) is 9.03. The van der Waals surface area contributed by atoms with Gasteiger partial charge in [-0.05, 0) is 14.0 Å². The van der Waals surface area contributed by atoms with Crippen molar-refractivity contribution in [2.75, 3.05) is 13.6 Å². The Bertz CT molecular complexity index is 306. The van der Waals surface area contributed by atoms with Crippen molar-refractivity contribution < 1.29 is 4.79 Å². The summed E-state index contributed by atoms with van der Waals surface area (Å²) in [6, 6.07) is 0. The molecule has 0 aliphatic rings. The van der Waals surface area contributed by atoms with Crippen LogP contribution in [0.3, 0.4) is 0 Å². The van der Waals surface area contributed by atoms with Crippen LogP contribution in [0.25, 0.3) is 0 Å². The number of carbonyl (C=O) groups excluding carboxylic acids is 1. The van der Waals surface area contributed by atoms with Crippen LogP contribution in [-0.4, -0.2) is 33.8 Å². The number of carbonyl (C=O) groups is 1. The average Bonchev–Trinajstić information content (AvgIpc) is 2.49. The Morgan fingerprint density at radius 2 is 2.36 bits per heavy atom. The van der Waals surface area contributed by atoms with E-state index in [0.29, 0.717) is 6.42 Å². The van der Waals surface area contributed by atoms with Gasteiger partial charge in [0.15, 0.2) is 0 Å². The molecule has 0 N–H and O–H groups in total. The number of aromatic nitrogens is 2. The zero-order chi connectivity index (χ0) is 10.6. The van der Waals surface area contributed by atoms with E-state index in [9.17, 15) is 4.79 Å². The number of aryl methyl sites for hydroxylation is 1. The van der Waals surface area contributed by atoms with E-state index < -0.39 is 0 Å². The van der Waals surface area contributed by atoms with E-state index in [0.717, 1.165) is 18.9 Å². The van der Waals surface area contributed by atoms with Crippen LogP contribution < -0.4 is 0 Å². The lowest BCUT2D eigenvalue weighted by Crippen LogP contribution is -2.22. The Labute approximate surface area is 84.5 Å². The molecule has 0 amide bonds. The third kappa shape index (κ3) is 3.30. The van der Waals surface area contributed by atoms with Gasteiger partial charge < -0.3 is 4.57 Å². The van der Waals surface area contributed by atoms with Crippen LogP contribution in [0.15, 0.2) is 12.4 Å². The van der Waals surface area contributed by atoms with Gasteiger partial charge in [0.1, 0.15) is 11.6 Å². The van der Waals surface area contributed by atoms with Crippen molar-refractivity contribution in [3.63, 3.8) is 0 Å². The van der Waals surface area contributed by atoms with Crippen LogP contribution in [-0.2, 0) is 18.4 Å². The van der Waals surface area contributed by atoms with Crippen LogP contribution in [0.1, 0.15) is 19.2 Å². The van der Waals surface area contributed by atoms with Gasteiger partial charge in [0.05, 0.1) is 6.54 Å². The number of hydrogen-bond acceptors (Lipinski definition) is 3. The molecule has 0 aromatic carbocycles. The first-order chi connectivity index (χ1) is 6.59. The highest BCUT2D eigenvalue weighted by atomic mass is 16.1. The second kappa shape index (κ2) is 4.91. The topological polar surface area (TPSA) is 38.1 Å². The molecule has 1 rings (SSSR count). The fraction of sp³-hybridized carbons (Fsp3) is 0.600. The molecule has 78 valence electrons. The van der Waals surface area contributed by atoms with Gasteiger partial charge in [0, 0.05) is 32.4 Å². The van der Waals surface area contributed by atoms with Gasteiger partial charge in [0.25, 0.3) is 0 Å². The summed E-state index contributed by atoms with van der Waals surface area (Å²) < 4.78 is 1.99. The van der Waals surface area contributed by atoms with Gasteiger partial charge >= 0.3 is 0 Å². The molecule has 0 aliphatic carbocycles. The molecular formula is C10H17N3O. The Morgan fingerprint density at radius 3 is 2.86 bits per heavy atom. The smallest absolute Gasteiger partial charge is 0.131 e. The molecular weight excluding hydrogens is 178 g/mol. The predicted molar refractivity (Wildman–Crippen MR) is 54.8 cm³/mol. The van der Waals surface area contributed by atoms with Gasteiger partial charge in [-0.25, -0.2) is 4.98 Å². The Morgan fingerprint density at radius 1 is 1.64 bits per heavy atom. The molecule has 0 fully saturated rings. The minimum absolute atomic E-state index is 0.233. The largest absolute Gasteiger partial charge is 0.337 e. The number of imidazole rings is 1. The van der Waals surface area contributed by atoms with E-state index in [1.165, 1.54) is 0 Å². The van der Waals surface area contributed by atoms with E-state index in [1.54, 1.807) is 13.1 Å². The summed E-state index contributed by atoms with van der Waals surface area (Å²) >= 11 is 0. The number of nitrogens with zero attached hydrogens (tertiary/aromatic N) is 3. The standard InChI is InChI=1S/C10H17N3O/c1-9(14)4-6-12(2)8-10-11-5-7-13(10)3/h5,7H,4,6,8H2,1-3H3. The fourth-order valence-corrected chi connectivity index (χ4v) is 1.22. The minimum Gasteiger partial charge on any atom is -0.337 e. The van der Waals surface area contributed by atoms with E-state index in [1.807, 2.05) is 24.9 Å². The fourth-order valence-electron chi connectivity index (χ4n) is 1.22. The van der Waals surface area contributed by atoms with Crippen LogP contribution in [0.5, 0.6) is 0 Å². The number of rotatable bonds is 5. The van der Waals surface area contributed by atoms with Gasteiger partial charge in [-0.1, -0.05) is 0 Å². The van der Waals surface area contributed by atoms with Crippen molar-refractivity contribution in [3.05, 3.63) is 18.2 Å². The van der Waals surface area contributed by atoms with Crippen molar-refractivity contribution in [1.82, 2.24) is 14.5 Å². The molecule has 0 aliphatic heterocycles. The summed E-state index contributed by atoms with van der Waals surface area (Å²) in [6.07, 6.45) is 4.32. The molecule has 4 nitrogen and oxygen atoms in total. The SMILES string of the molecule is CC(=O)CCN(C)Cc1nccn1C. The number of Topliss-reactive ketones (excluding diaryl/α,β-unsaturated/α-hetero) is 1. The van der Waals surface area contributed by atoms with Crippen LogP contribution in [0, 0.1) is 0 Å². The lowest BCUT2D eigenvalue weighted by molar-refractivity contribution is -0.117. The first-order valence-corrected chi connectivity index (χ1v) is 4.74. The van der Waals surface area contributed by atoms with E-state index in [-0.39, 0.29) is 5.78 Å². The summed E-state index contributed by atoms with van der Waals surface area (Å²) in [5.74, 6) is 1.26. The second-order valence-electron chi connectivity index (χ2n) is 3.64. The van der Waals surface area contributed by atoms with Gasteiger partial charge in [-0.3, -0.25) is 9.69 Å². The summed E-state index contributed by atoms with van der Waals surface area (Å²) in [5, 5.41) is 0. The Kier molecular flexibility index (Phi) is 3.83. The molecule has 1 aromatic rings. The van der Waals surface area contributed by atoms with E-state index in [4.69, 9.17) is 0 Å². The molecule has 0 saturated carbocycles. The van der Waals surface area contributed by atoms with E-state index >= 15 is 0 Å². The maximum atomic E-state index is 10.8. The first kappa shape index (κ1) is 10.9. The van der Waals surface area contributed by atoms with Crippen LogP contribution >= 0.6 is 0 Å². The highest BCUT2D eigenvalue weighted by Crippen LogP contribution is 1.99. The van der Waals surface area contributed by atoms with Gasteiger partial charge in [0.2, 0.25) is 0 Å². The molecule has 0 bridgehead atoms. The second-order valence-corrected chi connectivity index (χ2v) is 3.64. The summed E-state index contributed by atoms with van der Waals surface area (Å²) in [5.41, 5.74) is 0. The number of hydrogen-bond donors (Lipinski definition) is 0. The van der Waals surface area contributed by atoms with Gasteiger partial charge in [-0.15, -0.1) is 0 Å². The summed E-state index contributed by atoms with van der Waals surface area (Å²) in [4.78, 5) is 17.1. The maximum Gasteiger partial charge on any atom is 0.131 e. The maximum absolute atomic E-state index is 10.8. The molecule has 4 heteroatoms.